The third-order valence-corrected chi connectivity index (χ3v) is 4.89. The van der Waals surface area contributed by atoms with E-state index in [4.69, 9.17) is 4.74 Å². The first-order chi connectivity index (χ1) is 9.58. The molecular weight excluding hydrogens is 278 g/mol. The summed E-state index contributed by atoms with van der Waals surface area (Å²) in [5.41, 5.74) is 0. The molecular formula is C14H21NO4S. The Kier molecular flexibility index (Phi) is 5.39. The molecule has 1 aromatic rings. The summed E-state index contributed by atoms with van der Waals surface area (Å²) in [5, 5.41) is 9.30. The molecule has 2 rings (SSSR count). The van der Waals surface area contributed by atoms with Gasteiger partial charge in [-0.3, -0.25) is 0 Å². The van der Waals surface area contributed by atoms with Crippen molar-refractivity contribution < 1.29 is 18.3 Å². The molecule has 0 unspecified atom stereocenters. The van der Waals surface area contributed by atoms with Gasteiger partial charge in [0.1, 0.15) is 5.75 Å². The van der Waals surface area contributed by atoms with Crippen LogP contribution in [0.15, 0.2) is 29.2 Å². The molecule has 0 heterocycles. The molecule has 112 valence electrons. The summed E-state index contributed by atoms with van der Waals surface area (Å²) in [4.78, 5) is 0.0650. The summed E-state index contributed by atoms with van der Waals surface area (Å²) < 4.78 is 32.1. The molecule has 1 fully saturated rings. The lowest BCUT2D eigenvalue weighted by Crippen LogP contribution is -2.29. The highest BCUT2D eigenvalue weighted by atomic mass is 32.2. The van der Waals surface area contributed by atoms with Crippen molar-refractivity contribution in [2.45, 2.75) is 43.1 Å². The van der Waals surface area contributed by atoms with E-state index in [1.807, 2.05) is 0 Å². The molecule has 0 aliphatic heterocycles. The number of phenols is 1. The molecule has 1 aliphatic rings. The molecule has 6 heteroatoms. The molecule has 0 atom stereocenters. The van der Waals surface area contributed by atoms with Crippen molar-refractivity contribution in [1.29, 1.82) is 0 Å². The Bertz CT molecular complexity index is 524. The van der Waals surface area contributed by atoms with Crippen molar-refractivity contribution in [3.63, 3.8) is 0 Å². The molecule has 1 aromatic carbocycles. The van der Waals surface area contributed by atoms with Crippen LogP contribution in [-0.4, -0.2) is 32.8 Å². The van der Waals surface area contributed by atoms with Gasteiger partial charge in [0.25, 0.3) is 0 Å². The average molecular weight is 299 g/mol. The van der Waals surface area contributed by atoms with E-state index in [1.165, 1.54) is 43.5 Å². The maximum absolute atomic E-state index is 12.0. The first-order valence-corrected chi connectivity index (χ1v) is 8.46. The molecule has 0 saturated heterocycles. The standard InChI is InChI=1S/C14H21NO4S/c16-12-5-4-8-14(11-12)20(17,18)15-9-10-19-13-6-2-1-3-7-13/h4-5,8,11,13,15-16H,1-3,6-7,9-10H2. The molecule has 0 radical (unpaired) electrons. The van der Waals surface area contributed by atoms with Crippen molar-refractivity contribution in [3.8, 4) is 5.75 Å². The van der Waals surface area contributed by atoms with Gasteiger partial charge in [-0.15, -0.1) is 0 Å². The lowest BCUT2D eigenvalue weighted by Gasteiger charge is -2.21. The number of aromatic hydroxyl groups is 1. The van der Waals surface area contributed by atoms with Crippen molar-refractivity contribution in [1.82, 2.24) is 4.72 Å². The Morgan fingerprint density at radius 1 is 1.25 bits per heavy atom. The normalized spacial score (nSPS) is 17.2. The van der Waals surface area contributed by atoms with E-state index < -0.39 is 10.0 Å². The van der Waals surface area contributed by atoms with Crippen LogP contribution >= 0.6 is 0 Å². The predicted octanol–water partition coefficient (Wildman–Crippen LogP) is 2.02. The van der Waals surface area contributed by atoms with E-state index in [0.29, 0.717) is 6.61 Å². The Hall–Kier alpha value is -1.11. The molecule has 5 nitrogen and oxygen atoms in total. The van der Waals surface area contributed by atoms with Crippen LogP contribution in [0.25, 0.3) is 0 Å². The molecule has 2 N–H and O–H groups in total. The molecule has 0 spiro atoms. The van der Waals surface area contributed by atoms with Gasteiger partial charge in [-0.05, 0) is 31.0 Å². The maximum atomic E-state index is 12.0. The zero-order chi connectivity index (χ0) is 14.4. The number of nitrogens with one attached hydrogen (secondary N) is 1. The molecule has 0 amide bonds. The summed E-state index contributed by atoms with van der Waals surface area (Å²) in [5.74, 6) is -0.0636. The molecule has 1 aliphatic carbocycles. The predicted molar refractivity (Wildman–Crippen MR) is 76.1 cm³/mol. The molecule has 1 saturated carbocycles. The van der Waals surface area contributed by atoms with E-state index >= 15 is 0 Å². The highest BCUT2D eigenvalue weighted by molar-refractivity contribution is 7.89. The third kappa shape index (κ3) is 4.47. The smallest absolute Gasteiger partial charge is 0.240 e. The Morgan fingerprint density at radius 3 is 2.70 bits per heavy atom. The van der Waals surface area contributed by atoms with Crippen LogP contribution in [0.1, 0.15) is 32.1 Å². The van der Waals surface area contributed by atoms with Gasteiger partial charge in [0.15, 0.2) is 0 Å². The second-order valence-electron chi connectivity index (χ2n) is 5.03. The van der Waals surface area contributed by atoms with E-state index in [1.54, 1.807) is 0 Å². The summed E-state index contributed by atoms with van der Waals surface area (Å²) in [7, 11) is -3.58. The van der Waals surface area contributed by atoms with Crippen molar-refractivity contribution in [2.24, 2.45) is 0 Å². The fourth-order valence-electron chi connectivity index (χ4n) is 2.37. The van der Waals surface area contributed by atoms with Gasteiger partial charge in [-0.2, -0.15) is 0 Å². The molecule has 0 aromatic heterocycles. The fraction of sp³-hybridized carbons (Fsp3) is 0.571. The summed E-state index contributed by atoms with van der Waals surface area (Å²) in [6.45, 7) is 0.622. The maximum Gasteiger partial charge on any atom is 0.240 e. The minimum atomic E-state index is -3.58. The Balaban J connectivity index is 1.78. The quantitative estimate of drug-likeness (QED) is 0.788. The summed E-state index contributed by atoms with van der Waals surface area (Å²) in [6.07, 6.45) is 6.07. The first kappa shape index (κ1) is 15.3. The van der Waals surface area contributed by atoms with Gasteiger partial charge in [0, 0.05) is 6.54 Å². The van der Waals surface area contributed by atoms with Crippen molar-refractivity contribution >= 4 is 10.0 Å². The topological polar surface area (TPSA) is 75.6 Å². The SMILES string of the molecule is O=S(=O)(NCCOC1CCCCC1)c1cccc(O)c1. The highest BCUT2D eigenvalue weighted by Crippen LogP contribution is 2.20. The van der Waals surface area contributed by atoms with Gasteiger partial charge in [0.05, 0.1) is 17.6 Å². The average Bonchev–Trinajstić information content (AvgIpc) is 2.45. The second-order valence-corrected chi connectivity index (χ2v) is 6.79. The molecule has 20 heavy (non-hydrogen) atoms. The van der Waals surface area contributed by atoms with Crippen molar-refractivity contribution in [2.75, 3.05) is 13.2 Å². The lowest BCUT2D eigenvalue weighted by molar-refractivity contribution is 0.0321. The van der Waals surface area contributed by atoms with Crippen LogP contribution in [0.3, 0.4) is 0 Å². The van der Waals surface area contributed by atoms with Crippen LogP contribution in [0.4, 0.5) is 0 Å². The summed E-state index contributed by atoms with van der Waals surface area (Å²) in [6, 6.07) is 5.61. The second kappa shape index (κ2) is 7.06. The number of hydrogen-bond acceptors (Lipinski definition) is 4. The van der Waals surface area contributed by atoms with E-state index in [9.17, 15) is 13.5 Å². The lowest BCUT2D eigenvalue weighted by atomic mass is 9.98. The van der Waals surface area contributed by atoms with Gasteiger partial charge < -0.3 is 9.84 Å². The number of ether oxygens (including phenoxy) is 1. The minimum absolute atomic E-state index is 0.0636. The van der Waals surface area contributed by atoms with Crippen molar-refractivity contribution in [3.05, 3.63) is 24.3 Å². The first-order valence-electron chi connectivity index (χ1n) is 6.98. The van der Waals surface area contributed by atoms with Gasteiger partial charge in [-0.25, -0.2) is 13.1 Å². The van der Waals surface area contributed by atoms with E-state index in [-0.39, 0.29) is 23.3 Å². The fourth-order valence-corrected chi connectivity index (χ4v) is 3.42. The van der Waals surface area contributed by atoms with Gasteiger partial charge in [-0.1, -0.05) is 25.3 Å². The third-order valence-electron chi connectivity index (χ3n) is 3.43. The van der Waals surface area contributed by atoms with E-state index in [0.717, 1.165) is 12.8 Å². The van der Waals surface area contributed by atoms with Crippen LogP contribution in [0.2, 0.25) is 0 Å². The van der Waals surface area contributed by atoms with Gasteiger partial charge >= 0.3 is 0 Å². The Morgan fingerprint density at radius 2 is 2.00 bits per heavy atom. The summed E-state index contributed by atoms with van der Waals surface area (Å²) >= 11 is 0. The van der Waals surface area contributed by atoms with Crippen LogP contribution in [-0.2, 0) is 14.8 Å². The zero-order valence-electron chi connectivity index (χ0n) is 11.4. The van der Waals surface area contributed by atoms with Crippen LogP contribution in [0, 0.1) is 0 Å². The minimum Gasteiger partial charge on any atom is -0.508 e. The van der Waals surface area contributed by atoms with Gasteiger partial charge in [0.2, 0.25) is 10.0 Å². The number of hydrogen-bond donors (Lipinski definition) is 2. The van der Waals surface area contributed by atoms with Crippen LogP contribution in [0.5, 0.6) is 5.75 Å². The largest absolute Gasteiger partial charge is 0.508 e. The zero-order valence-corrected chi connectivity index (χ0v) is 12.2. The Labute approximate surface area is 120 Å². The monoisotopic (exact) mass is 299 g/mol. The number of benzene rings is 1. The van der Waals surface area contributed by atoms with Crippen LogP contribution < -0.4 is 4.72 Å². The van der Waals surface area contributed by atoms with E-state index in [2.05, 4.69) is 4.72 Å². The number of sulfonamides is 1. The highest BCUT2D eigenvalue weighted by Gasteiger charge is 2.16. The molecule has 0 bridgehead atoms. The number of rotatable bonds is 6. The number of phenolic OH excluding ortho intramolecular Hbond substituents is 1.